The van der Waals surface area contributed by atoms with Crippen molar-refractivity contribution < 1.29 is 0 Å². The number of hydrogen-bond donors (Lipinski definition) is 0. The van der Waals surface area contributed by atoms with Gasteiger partial charge in [0.1, 0.15) is 11.0 Å². The third-order valence-corrected chi connectivity index (χ3v) is 11.3. The first kappa shape index (κ1) is 35.8. The minimum Gasteiger partial charge on any atom is -0.150 e. The highest BCUT2D eigenvalue weighted by atomic mass is 15.5. The summed E-state index contributed by atoms with van der Waals surface area (Å²) in [6.45, 7) is 2.19. The van der Waals surface area contributed by atoms with E-state index >= 15 is 0 Å². The van der Waals surface area contributed by atoms with Crippen LogP contribution in [-0.2, 0) is 6.42 Å². The quantitative estimate of drug-likeness (QED) is 0.147. The molecule has 0 radical (unpaired) electrons. The predicted octanol–water partition coefficient (Wildman–Crippen LogP) is 14.7. The molecule has 3 heteroatoms. The first-order chi connectivity index (χ1) is 29.2. The molecule has 280 valence electrons. The van der Waals surface area contributed by atoms with Crippen molar-refractivity contribution in [3.63, 3.8) is 0 Å². The zero-order valence-electron chi connectivity index (χ0n) is 32.8. The monoisotopic (exact) mass is 755 g/mol. The average molecular weight is 756 g/mol. The molecule has 1 heterocycles. The second kappa shape index (κ2) is 15.7. The Bertz CT molecular complexity index is 2910. The zero-order chi connectivity index (χ0) is 39.5. The lowest BCUT2D eigenvalue weighted by Crippen LogP contribution is -1.98. The Balaban J connectivity index is 1.26. The average Bonchev–Trinajstić information content (AvgIpc) is 3.76. The van der Waals surface area contributed by atoms with Crippen molar-refractivity contribution in [3.8, 4) is 83.6 Å². The molecule has 1 aromatic heterocycles. The van der Waals surface area contributed by atoms with Crippen molar-refractivity contribution in [3.05, 3.63) is 224 Å². The Kier molecular flexibility index (Phi) is 9.54. The largest absolute Gasteiger partial charge is 0.150 e. The standard InChI is InChI=1S/C56H41N3/c1-2-39-29-31-40(32-30-39)41-33-35-47(36-34-41)59-57-53-38-46(54-48(42-17-7-3-8-18-42)25-15-26-49(54)43-19-9-4-10-20-43)37-52(56(53)58-59)55-50(44-21-11-5-12-22-44)27-16-28-51(55)45-23-13-6-14-24-45/h3-38H,2H2,1H3. The molecule has 0 aliphatic rings. The van der Waals surface area contributed by atoms with E-state index in [1.807, 2.05) is 0 Å². The third kappa shape index (κ3) is 6.94. The predicted molar refractivity (Wildman–Crippen MR) is 246 cm³/mol. The maximum atomic E-state index is 5.36. The highest BCUT2D eigenvalue weighted by molar-refractivity contribution is 6.07. The van der Waals surface area contributed by atoms with Gasteiger partial charge in [0, 0.05) is 5.56 Å². The SMILES string of the molecule is CCc1ccc(-c2ccc(-n3nc4cc(-c5c(-c6ccccc6)cccc5-c5ccccc5)cc(-c5c(-c6ccccc6)cccc5-c5ccccc5)c4n3)cc2)cc1. The van der Waals surface area contributed by atoms with Crippen molar-refractivity contribution in [2.75, 3.05) is 0 Å². The smallest absolute Gasteiger partial charge is 0.121 e. The normalized spacial score (nSPS) is 11.2. The van der Waals surface area contributed by atoms with E-state index in [0.29, 0.717) is 0 Å². The lowest BCUT2D eigenvalue weighted by molar-refractivity contribution is 0.766. The summed E-state index contributed by atoms with van der Waals surface area (Å²) in [4.78, 5) is 1.80. The van der Waals surface area contributed by atoms with Gasteiger partial charge in [0.2, 0.25) is 0 Å². The number of nitrogens with zero attached hydrogens (tertiary/aromatic N) is 3. The van der Waals surface area contributed by atoms with E-state index in [1.165, 1.54) is 11.1 Å². The van der Waals surface area contributed by atoms with Gasteiger partial charge in [-0.25, -0.2) is 0 Å². The molecular formula is C56H41N3. The molecule has 0 saturated carbocycles. The Labute approximate surface area is 345 Å². The van der Waals surface area contributed by atoms with E-state index in [9.17, 15) is 0 Å². The third-order valence-electron chi connectivity index (χ3n) is 11.3. The molecule has 0 atom stereocenters. The van der Waals surface area contributed by atoms with E-state index in [1.54, 1.807) is 4.80 Å². The molecule has 0 aliphatic carbocycles. The Morgan fingerprint density at radius 3 is 1.20 bits per heavy atom. The highest BCUT2D eigenvalue weighted by Crippen LogP contribution is 2.47. The van der Waals surface area contributed by atoms with Crippen molar-refractivity contribution >= 4 is 11.0 Å². The minimum absolute atomic E-state index is 0.820. The second-order valence-corrected chi connectivity index (χ2v) is 14.9. The minimum atomic E-state index is 0.820. The molecular weight excluding hydrogens is 715 g/mol. The van der Waals surface area contributed by atoms with E-state index in [0.717, 1.165) is 95.5 Å². The number of benzene rings is 9. The number of aromatic nitrogens is 3. The van der Waals surface area contributed by atoms with Crippen LogP contribution in [0.15, 0.2) is 218 Å². The van der Waals surface area contributed by atoms with Gasteiger partial charge in [0.05, 0.1) is 5.69 Å². The van der Waals surface area contributed by atoms with Gasteiger partial charge in [0.25, 0.3) is 0 Å². The summed E-state index contributed by atoms with van der Waals surface area (Å²) in [5.74, 6) is 0. The lowest BCUT2D eigenvalue weighted by Gasteiger charge is -2.20. The van der Waals surface area contributed by atoms with Crippen LogP contribution in [0.1, 0.15) is 12.5 Å². The highest BCUT2D eigenvalue weighted by Gasteiger charge is 2.23. The van der Waals surface area contributed by atoms with Crippen LogP contribution in [0.5, 0.6) is 0 Å². The Hall–Kier alpha value is -7.62. The Morgan fingerprint density at radius 1 is 0.339 bits per heavy atom. The summed E-state index contributed by atoms with van der Waals surface area (Å²) in [6.07, 6.45) is 1.02. The number of hydrogen-bond acceptors (Lipinski definition) is 2. The van der Waals surface area contributed by atoms with Gasteiger partial charge in [-0.3, -0.25) is 0 Å². The lowest BCUT2D eigenvalue weighted by atomic mass is 9.83. The molecule has 10 rings (SSSR count). The molecule has 3 nitrogen and oxygen atoms in total. The zero-order valence-corrected chi connectivity index (χ0v) is 32.8. The fraction of sp³-hybridized carbons (Fsp3) is 0.0357. The maximum Gasteiger partial charge on any atom is 0.121 e. The summed E-state index contributed by atoms with van der Waals surface area (Å²) < 4.78 is 0. The molecule has 59 heavy (non-hydrogen) atoms. The van der Waals surface area contributed by atoms with Crippen LogP contribution in [0, 0.1) is 0 Å². The van der Waals surface area contributed by atoms with Crippen LogP contribution >= 0.6 is 0 Å². The van der Waals surface area contributed by atoms with Crippen molar-refractivity contribution in [2.45, 2.75) is 13.3 Å². The molecule has 0 spiro atoms. The molecule has 0 unspecified atom stereocenters. The van der Waals surface area contributed by atoms with Crippen molar-refractivity contribution in [1.29, 1.82) is 0 Å². The van der Waals surface area contributed by atoms with Crippen LogP contribution in [0.25, 0.3) is 94.6 Å². The molecule has 0 bridgehead atoms. The van der Waals surface area contributed by atoms with Gasteiger partial charge in [-0.15, -0.1) is 10.2 Å². The molecule has 0 aliphatic heterocycles. The van der Waals surface area contributed by atoms with Gasteiger partial charge < -0.3 is 0 Å². The van der Waals surface area contributed by atoms with E-state index in [4.69, 9.17) is 10.2 Å². The summed E-state index contributed by atoms with van der Waals surface area (Å²) in [5.41, 5.74) is 19.8. The fourth-order valence-electron chi connectivity index (χ4n) is 8.33. The fourth-order valence-corrected chi connectivity index (χ4v) is 8.33. The van der Waals surface area contributed by atoms with Gasteiger partial charge in [0.15, 0.2) is 0 Å². The Morgan fingerprint density at radius 2 is 0.763 bits per heavy atom. The summed E-state index contributed by atoms with van der Waals surface area (Å²) in [5, 5.41) is 10.7. The van der Waals surface area contributed by atoms with Crippen LogP contribution in [-0.4, -0.2) is 15.0 Å². The topological polar surface area (TPSA) is 30.7 Å². The van der Waals surface area contributed by atoms with E-state index in [2.05, 4.69) is 225 Å². The molecule has 0 amide bonds. The van der Waals surface area contributed by atoms with Crippen LogP contribution in [0.2, 0.25) is 0 Å². The summed E-state index contributed by atoms with van der Waals surface area (Å²) in [7, 11) is 0. The first-order valence-electron chi connectivity index (χ1n) is 20.3. The molecule has 10 aromatic rings. The van der Waals surface area contributed by atoms with E-state index < -0.39 is 0 Å². The van der Waals surface area contributed by atoms with Crippen molar-refractivity contribution in [1.82, 2.24) is 15.0 Å². The van der Waals surface area contributed by atoms with Crippen LogP contribution < -0.4 is 0 Å². The van der Waals surface area contributed by atoms with Crippen LogP contribution in [0.3, 0.4) is 0 Å². The summed E-state index contributed by atoms with van der Waals surface area (Å²) >= 11 is 0. The molecule has 0 fully saturated rings. The number of fused-ring (bicyclic) bond motifs is 1. The van der Waals surface area contributed by atoms with Crippen molar-refractivity contribution in [2.24, 2.45) is 0 Å². The number of aryl methyl sites for hydroxylation is 1. The molecule has 0 saturated heterocycles. The van der Waals surface area contributed by atoms with Crippen LogP contribution in [0.4, 0.5) is 0 Å². The maximum absolute atomic E-state index is 5.36. The molecule has 0 N–H and O–H groups in total. The second-order valence-electron chi connectivity index (χ2n) is 14.9. The summed E-state index contributed by atoms with van der Waals surface area (Å²) in [6, 6.07) is 78.0. The van der Waals surface area contributed by atoms with Gasteiger partial charge in [-0.1, -0.05) is 201 Å². The number of rotatable bonds is 9. The molecule has 9 aromatic carbocycles. The van der Waals surface area contributed by atoms with Gasteiger partial charge in [-0.05, 0) is 109 Å². The first-order valence-corrected chi connectivity index (χ1v) is 20.3. The van der Waals surface area contributed by atoms with Gasteiger partial charge in [-0.2, -0.15) is 4.80 Å². The van der Waals surface area contributed by atoms with E-state index in [-0.39, 0.29) is 0 Å². The van der Waals surface area contributed by atoms with Gasteiger partial charge >= 0.3 is 0 Å².